The number of aliphatic imine (C=N–C) groups is 1. The summed E-state index contributed by atoms with van der Waals surface area (Å²) in [5, 5.41) is 8.14. The summed E-state index contributed by atoms with van der Waals surface area (Å²) in [6, 6.07) is 7.58. The van der Waals surface area contributed by atoms with E-state index in [1.807, 2.05) is 24.3 Å². The highest BCUT2D eigenvalue weighted by Crippen LogP contribution is 2.27. The summed E-state index contributed by atoms with van der Waals surface area (Å²) >= 11 is 3.42. The molecule has 0 radical (unpaired) electrons. The molecule has 1 aromatic heterocycles. The number of hydrogen-bond acceptors (Lipinski definition) is 7. The van der Waals surface area contributed by atoms with E-state index in [0.29, 0.717) is 17.5 Å². The van der Waals surface area contributed by atoms with Gasteiger partial charge in [0.2, 0.25) is 11.8 Å². The molecule has 3 rings (SSSR count). The Morgan fingerprint density at radius 2 is 2.35 bits per heavy atom. The van der Waals surface area contributed by atoms with Gasteiger partial charge in [-0.2, -0.15) is 0 Å². The van der Waals surface area contributed by atoms with Gasteiger partial charge in [-0.05, 0) is 18.2 Å². The summed E-state index contributed by atoms with van der Waals surface area (Å²) in [4.78, 5) is 4.37. The van der Waals surface area contributed by atoms with Crippen LogP contribution in [0.25, 0.3) is 11.5 Å². The Morgan fingerprint density at radius 1 is 1.40 bits per heavy atom. The zero-order valence-corrected chi connectivity index (χ0v) is 12.5. The zero-order valence-electron chi connectivity index (χ0n) is 10.9. The van der Waals surface area contributed by atoms with Crippen molar-refractivity contribution in [3.05, 3.63) is 30.2 Å². The molecule has 0 saturated heterocycles. The number of methoxy groups -OCH3 is 1. The van der Waals surface area contributed by atoms with Gasteiger partial charge in [-0.3, -0.25) is 4.99 Å². The molecule has 1 aromatic carbocycles. The quantitative estimate of drug-likeness (QED) is 0.865. The highest BCUT2D eigenvalue weighted by molar-refractivity contribution is 8.38. The third-order valence-corrected chi connectivity index (χ3v) is 4.90. The first-order valence-electron chi connectivity index (χ1n) is 6.12. The molecule has 1 aliphatic heterocycles. The van der Waals surface area contributed by atoms with Gasteiger partial charge in [0.25, 0.3) is 0 Å². The van der Waals surface area contributed by atoms with Crippen molar-refractivity contribution in [2.75, 3.05) is 19.4 Å². The summed E-state index contributed by atoms with van der Waals surface area (Å²) in [5.41, 5.74) is 0.862. The van der Waals surface area contributed by atoms with E-state index in [-0.39, 0.29) is 0 Å². The van der Waals surface area contributed by atoms with Crippen LogP contribution in [-0.4, -0.2) is 34.0 Å². The van der Waals surface area contributed by atoms with E-state index in [4.69, 9.17) is 9.15 Å². The molecule has 0 spiro atoms. The maximum absolute atomic E-state index is 5.67. The Balaban J connectivity index is 1.69. The summed E-state index contributed by atoms with van der Waals surface area (Å²) in [6.07, 6.45) is 0. The van der Waals surface area contributed by atoms with Crippen molar-refractivity contribution in [3.63, 3.8) is 0 Å². The second-order valence-corrected chi connectivity index (χ2v) is 6.32. The monoisotopic (exact) mass is 307 g/mol. The first-order valence-corrected chi connectivity index (χ1v) is 8.09. The molecule has 0 fully saturated rings. The molecule has 2 aromatic rings. The first kappa shape index (κ1) is 13.5. The topological polar surface area (TPSA) is 60.5 Å². The van der Waals surface area contributed by atoms with Gasteiger partial charge in [-0.25, -0.2) is 0 Å². The molecule has 0 atom stereocenters. The van der Waals surface area contributed by atoms with Gasteiger partial charge in [0, 0.05) is 11.3 Å². The van der Waals surface area contributed by atoms with E-state index in [1.54, 1.807) is 30.6 Å². The Hall–Kier alpha value is -1.47. The van der Waals surface area contributed by atoms with Crippen molar-refractivity contribution in [3.8, 4) is 17.2 Å². The normalized spacial score (nSPS) is 14.3. The lowest BCUT2D eigenvalue weighted by Crippen LogP contribution is -1.84. The summed E-state index contributed by atoms with van der Waals surface area (Å²) in [7, 11) is 1.63. The van der Waals surface area contributed by atoms with Crippen LogP contribution in [-0.2, 0) is 5.75 Å². The van der Waals surface area contributed by atoms with Crippen LogP contribution in [0.15, 0.2) is 33.7 Å². The van der Waals surface area contributed by atoms with Gasteiger partial charge < -0.3 is 9.15 Å². The largest absolute Gasteiger partial charge is 0.497 e. The highest BCUT2D eigenvalue weighted by atomic mass is 32.2. The van der Waals surface area contributed by atoms with Gasteiger partial charge in [0.05, 0.1) is 19.4 Å². The fraction of sp³-hybridized carbons (Fsp3) is 0.308. The minimum absolute atomic E-state index is 0.514. The summed E-state index contributed by atoms with van der Waals surface area (Å²) in [5.74, 6) is 3.63. The van der Waals surface area contributed by atoms with Crippen LogP contribution >= 0.6 is 23.5 Å². The average Bonchev–Trinajstić information content (AvgIpc) is 3.16. The van der Waals surface area contributed by atoms with Crippen molar-refractivity contribution < 1.29 is 9.15 Å². The van der Waals surface area contributed by atoms with Crippen LogP contribution < -0.4 is 4.74 Å². The minimum atomic E-state index is 0.514. The lowest BCUT2D eigenvalue weighted by atomic mass is 10.2. The smallest absolute Gasteiger partial charge is 0.247 e. The predicted octanol–water partition coefficient (Wildman–Crippen LogP) is 3.08. The number of thioether (sulfide) groups is 2. The molecule has 0 amide bonds. The van der Waals surface area contributed by atoms with Crippen molar-refractivity contribution in [2.45, 2.75) is 5.75 Å². The van der Waals surface area contributed by atoms with E-state index < -0.39 is 0 Å². The highest BCUT2D eigenvalue weighted by Gasteiger charge is 2.12. The molecule has 5 nitrogen and oxygen atoms in total. The van der Waals surface area contributed by atoms with Crippen molar-refractivity contribution in [2.24, 2.45) is 4.99 Å². The Bertz CT molecular complexity index is 628. The lowest BCUT2D eigenvalue weighted by Gasteiger charge is -2.00. The standard InChI is InChI=1S/C13H13N3O2S2/c1-17-10-4-2-3-9(7-10)12-16-15-11(18-12)8-20-13-14-5-6-19-13/h2-4,7H,5-6,8H2,1H3. The number of ether oxygens (including phenoxy) is 1. The fourth-order valence-electron chi connectivity index (χ4n) is 1.71. The van der Waals surface area contributed by atoms with Crippen LogP contribution in [0.3, 0.4) is 0 Å². The Labute approximate surface area is 125 Å². The van der Waals surface area contributed by atoms with E-state index in [2.05, 4.69) is 15.2 Å². The number of aromatic nitrogens is 2. The molecule has 0 saturated carbocycles. The third kappa shape index (κ3) is 3.16. The molecule has 104 valence electrons. The van der Waals surface area contributed by atoms with Gasteiger partial charge in [-0.1, -0.05) is 29.6 Å². The molecule has 7 heteroatoms. The lowest BCUT2D eigenvalue weighted by molar-refractivity contribution is 0.414. The maximum atomic E-state index is 5.67. The molecular formula is C13H13N3O2S2. The molecule has 1 aliphatic rings. The molecule has 2 heterocycles. The van der Waals surface area contributed by atoms with E-state index >= 15 is 0 Å². The fourth-order valence-corrected chi connectivity index (χ4v) is 3.56. The van der Waals surface area contributed by atoms with E-state index in [0.717, 1.165) is 28.0 Å². The molecule has 0 unspecified atom stereocenters. The average molecular weight is 307 g/mol. The van der Waals surface area contributed by atoms with Crippen molar-refractivity contribution in [1.82, 2.24) is 10.2 Å². The van der Waals surface area contributed by atoms with Crippen LogP contribution in [0.4, 0.5) is 0 Å². The summed E-state index contributed by atoms with van der Waals surface area (Å²) in [6.45, 7) is 0.909. The predicted molar refractivity (Wildman–Crippen MR) is 82.3 cm³/mol. The van der Waals surface area contributed by atoms with Crippen LogP contribution in [0.2, 0.25) is 0 Å². The molecule has 0 N–H and O–H groups in total. The number of rotatable bonds is 4. The molecule has 0 aliphatic carbocycles. The van der Waals surface area contributed by atoms with E-state index in [9.17, 15) is 0 Å². The third-order valence-electron chi connectivity index (χ3n) is 2.66. The van der Waals surface area contributed by atoms with Gasteiger partial charge in [-0.15, -0.1) is 10.2 Å². The van der Waals surface area contributed by atoms with Crippen LogP contribution in [0.5, 0.6) is 5.75 Å². The number of benzene rings is 1. The molecule has 20 heavy (non-hydrogen) atoms. The second-order valence-electron chi connectivity index (χ2n) is 4.02. The second kappa shape index (κ2) is 6.32. The minimum Gasteiger partial charge on any atom is -0.497 e. The zero-order chi connectivity index (χ0) is 13.8. The van der Waals surface area contributed by atoms with E-state index in [1.165, 1.54) is 0 Å². The molecular weight excluding hydrogens is 294 g/mol. The SMILES string of the molecule is COc1cccc(-c2nnc(CSC3=NCCS3)o2)c1. The van der Waals surface area contributed by atoms with Gasteiger partial charge in [0.15, 0.2) is 0 Å². The van der Waals surface area contributed by atoms with Crippen LogP contribution in [0.1, 0.15) is 5.89 Å². The first-order chi connectivity index (χ1) is 9.85. The molecule has 0 bridgehead atoms. The van der Waals surface area contributed by atoms with Gasteiger partial charge >= 0.3 is 0 Å². The number of nitrogens with zero attached hydrogens (tertiary/aromatic N) is 3. The summed E-state index contributed by atoms with van der Waals surface area (Å²) < 4.78 is 12.0. The van der Waals surface area contributed by atoms with Crippen molar-refractivity contribution >= 4 is 27.9 Å². The van der Waals surface area contributed by atoms with Crippen LogP contribution in [0, 0.1) is 0 Å². The Kier molecular flexibility index (Phi) is 4.27. The van der Waals surface area contributed by atoms with Crippen molar-refractivity contribution in [1.29, 1.82) is 0 Å². The number of hydrogen-bond donors (Lipinski definition) is 0. The Morgan fingerprint density at radius 3 is 3.15 bits per heavy atom. The van der Waals surface area contributed by atoms with Gasteiger partial charge in [0.1, 0.15) is 10.1 Å². The maximum Gasteiger partial charge on any atom is 0.247 e.